The van der Waals surface area contributed by atoms with Crippen LogP contribution in [0.15, 0.2) is 180 Å². The third kappa shape index (κ3) is 8.79. The number of furan rings is 1. The van der Waals surface area contributed by atoms with Crippen LogP contribution in [-0.4, -0.2) is 22.8 Å². The summed E-state index contributed by atoms with van der Waals surface area (Å²) in [6.45, 7) is -2.35. The van der Waals surface area contributed by atoms with Crippen LogP contribution in [0.2, 0.25) is 14.8 Å². The molecule has 0 bridgehead atoms. The molecule has 0 N–H and O–H groups in total. The van der Waals surface area contributed by atoms with E-state index >= 15 is 0 Å². The van der Waals surface area contributed by atoms with Gasteiger partial charge < -0.3 is 0 Å². The Labute approximate surface area is 457 Å². The van der Waals surface area contributed by atoms with Gasteiger partial charge in [0.05, 0.1) is 24.9 Å². The first-order valence-electron chi connectivity index (χ1n) is 33.4. The molecule has 3 aromatic heterocycles. The first-order chi connectivity index (χ1) is 41.9. The molecular weight excluding hydrogens is 963 g/mol. The Bertz CT molecular complexity index is 4170. The SMILES string of the molecule is [2H]c1c([2H])c([2H])c(-c2cccc(-c3c([2H])c([2H])c([2H])c([2H])c3[2H])c2-[n+]2[c-]n(-c3cccc(Oc4cc(-c5c[c]([Ge]([CH2]C6CCCCC6)([CH]6CCCCC6)[CH]6CCCCC6)c(C([2H])([2H])[2H])cn5)c5oc6ccccc6c5c4)c3)c3ccccc32)c([2H])c1[2H]. The van der Waals surface area contributed by atoms with Crippen molar-refractivity contribution in [1.82, 2.24) is 9.55 Å². The molecule has 0 spiro atoms. The van der Waals surface area contributed by atoms with Crippen LogP contribution in [-0.2, 0) is 0 Å². The molecule has 74 heavy (non-hydrogen) atoms. The zero-order valence-electron chi connectivity index (χ0n) is 54.7. The van der Waals surface area contributed by atoms with E-state index in [-0.39, 0.29) is 27.9 Å². The molecule has 3 heterocycles. The van der Waals surface area contributed by atoms with Crippen LogP contribution in [0.4, 0.5) is 0 Å². The molecule has 10 aromatic rings. The van der Waals surface area contributed by atoms with Crippen LogP contribution < -0.4 is 13.7 Å². The number of rotatable bonds is 12. The molecule has 5 nitrogen and oxygen atoms in total. The number of aryl methyl sites for hydroxylation is 1. The summed E-state index contributed by atoms with van der Waals surface area (Å²) in [7, 11) is 0. The summed E-state index contributed by atoms with van der Waals surface area (Å²) in [4.78, 5) is 5.15. The number of pyridine rings is 1. The molecule has 0 unspecified atom stereocenters. The molecule has 0 atom stereocenters. The van der Waals surface area contributed by atoms with Crippen molar-refractivity contribution in [3.8, 4) is 56.4 Å². The van der Waals surface area contributed by atoms with Gasteiger partial charge in [0.15, 0.2) is 0 Å². The standard InChI is InChI=1S/C68H67GeN3O2/c1-48-46-70-63(44-62(48)69(52-29-13-5-14-30-52,53-31-15-6-16-32-53)45-49-23-7-2-8-24-49)61-43-56(42-60-59-35-17-20-40-66(59)74-68(60)61)73-55-34-21-33-54(41-55)71-47-72(65-39-19-18-38-64(65)71)67-57(50-25-9-3-10-26-50)36-22-37-58(67)51-27-11-4-12-28-51/h3-4,9-12,17-22,25-28,33-44,46,49,52-53H,2,5-8,13-16,23-24,29-32,45H2,1H3/i1D3,3D,4D,9D,10D,11D,12D,25D,26D,27D,28D. The maximum atomic E-state index is 9.23. The first kappa shape index (κ1) is 34.7. The summed E-state index contributed by atoms with van der Waals surface area (Å²) in [5.41, 5.74) is 5.11. The number of fused-ring (bicyclic) bond motifs is 4. The number of benzene rings is 7. The Balaban J connectivity index is 0.974. The second-order valence-corrected chi connectivity index (χ2v) is 30.8. The van der Waals surface area contributed by atoms with Gasteiger partial charge in [-0.3, -0.25) is 4.57 Å². The summed E-state index contributed by atoms with van der Waals surface area (Å²) < 4.78 is 135. The van der Waals surface area contributed by atoms with Crippen LogP contribution in [0.5, 0.6) is 11.5 Å². The summed E-state index contributed by atoms with van der Waals surface area (Å²) in [6, 6.07) is 28.4. The minimum absolute atomic E-state index is 0.144. The molecular formula is C68H67GeN3O2. The number of hydrogen-bond acceptors (Lipinski definition) is 3. The zero-order valence-corrected chi connectivity index (χ0v) is 43.8. The smallest absolute Gasteiger partial charge is 0.0666 e. The number of imidazole rings is 1. The van der Waals surface area contributed by atoms with Crippen LogP contribution in [0.25, 0.3) is 77.9 Å². The van der Waals surface area contributed by atoms with Gasteiger partial charge in [-0.2, -0.15) is 0 Å². The van der Waals surface area contributed by atoms with Crippen molar-refractivity contribution in [1.29, 1.82) is 0 Å². The Morgan fingerprint density at radius 1 is 0.649 bits per heavy atom. The van der Waals surface area contributed by atoms with Crippen LogP contribution in [0.3, 0.4) is 0 Å². The van der Waals surface area contributed by atoms with E-state index in [2.05, 4.69) is 12.4 Å². The molecule has 370 valence electrons. The van der Waals surface area contributed by atoms with E-state index in [1.807, 2.05) is 84.9 Å². The molecule has 0 aliphatic heterocycles. The summed E-state index contributed by atoms with van der Waals surface area (Å²) >= 11 is -3.44. The molecule has 3 fully saturated rings. The van der Waals surface area contributed by atoms with Gasteiger partial charge in [-0.1, -0.05) is 103 Å². The number of aromatic nitrogens is 3. The van der Waals surface area contributed by atoms with E-state index in [9.17, 15) is 4.11 Å². The van der Waals surface area contributed by atoms with Crippen molar-refractivity contribution in [3.05, 3.63) is 188 Å². The minimum Gasteiger partial charge on any atom is -0.0666 e. The quantitative estimate of drug-likeness (QED) is 0.0696. The molecule has 0 radical (unpaired) electrons. The third-order valence-electron chi connectivity index (χ3n) is 16.8. The van der Waals surface area contributed by atoms with Gasteiger partial charge >= 0.3 is 305 Å². The third-order valence-corrected chi connectivity index (χ3v) is 31.0. The van der Waals surface area contributed by atoms with Crippen molar-refractivity contribution in [2.75, 3.05) is 0 Å². The first-order valence-corrected chi connectivity index (χ1v) is 31.9. The monoisotopic (exact) mass is 1040 g/mol. The average Bonchev–Trinajstić information content (AvgIpc) is 1.72. The number of ether oxygens (including phenoxy) is 1. The van der Waals surface area contributed by atoms with Crippen molar-refractivity contribution >= 4 is 50.6 Å². The summed E-state index contributed by atoms with van der Waals surface area (Å²) in [5.74, 6) is 1.57. The van der Waals surface area contributed by atoms with Gasteiger partial charge in [-0.15, -0.1) is 0 Å². The van der Waals surface area contributed by atoms with Gasteiger partial charge in [0.2, 0.25) is 0 Å². The van der Waals surface area contributed by atoms with Crippen molar-refractivity contribution in [3.63, 3.8) is 0 Å². The van der Waals surface area contributed by atoms with E-state index in [0.29, 0.717) is 71.6 Å². The number of para-hydroxylation sites is 4. The fraction of sp³-hybridized carbons (Fsp3) is 0.294. The zero-order chi connectivity index (χ0) is 60.6. The molecule has 0 amide bonds. The van der Waals surface area contributed by atoms with Gasteiger partial charge in [-0.25, -0.2) is 0 Å². The maximum absolute atomic E-state index is 9.23. The number of nitrogens with zero attached hydrogens (tertiary/aromatic N) is 3. The second-order valence-electron chi connectivity index (χ2n) is 21.0. The fourth-order valence-corrected chi connectivity index (χ4v) is 29.6. The summed E-state index contributed by atoms with van der Waals surface area (Å²) in [5, 5.41) is 2.90. The number of hydrogen-bond donors (Lipinski definition) is 0. The Morgan fingerprint density at radius 2 is 1.30 bits per heavy atom. The Hall–Kier alpha value is -6.70. The predicted octanol–water partition coefficient (Wildman–Crippen LogP) is 18.0. The Morgan fingerprint density at radius 3 is 2.00 bits per heavy atom. The van der Waals surface area contributed by atoms with E-state index in [1.165, 1.54) is 102 Å². The molecule has 0 saturated heterocycles. The van der Waals surface area contributed by atoms with E-state index in [4.69, 9.17) is 27.8 Å². The molecule has 3 saturated carbocycles. The topological polar surface area (TPSA) is 44.1 Å². The van der Waals surface area contributed by atoms with Crippen molar-refractivity contribution in [2.45, 2.75) is 118 Å². The molecule has 6 heteroatoms. The van der Waals surface area contributed by atoms with E-state index < -0.39 is 80.5 Å². The van der Waals surface area contributed by atoms with Gasteiger partial charge in [0.1, 0.15) is 0 Å². The van der Waals surface area contributed by atoms with Crippen LogP contribution in [0, 0.1) is 19.1 Å². The fourth-order valence-electron chi connectivity index (χ4n) is 13.6. The molecule has 7 aromatic carbocycles. The predicted molar refractivity (Wildman–Crippen MR) is 307 cm³/mol. The molecule has 3 aliphatic carbocycles. The van der Waals surface area contributed by atoms with Gasteiger partial charge in [-0.05, 0) is 22.3 Å². The minimum atomic E-state index is -3.44. The average molecular weight is 1040 g/mol. The normalized spacial score (nSPS) is 19.0. The van der Waals surface area contributed by atoms with Gasteiger partial charge in [0.25, 0.3) is 0 Å². The van der Waals surface area contributed by atoms with Crippen molar-refractivity contribution in [2.24, 2.45) is 5.92 Å². The summed E-state index contributed by atoms with van der Waals surface area (Å²) in [6.07, 6.45) is 23.3. The van der Waals surface area contributed by atoms with Crippen LogP contribution >= 0.6 is 0 Å². The van der Waals surface area contributed by atoms with Crippen LogP contribution in [0.1, 0.15) is 120 Å². The molecule has 3 aliphatic rings. The van der Waals surface area contributed by atoms with Crippen molar-refractivity contribution < 1.29 is 31.5 Å². The second kappa shape index (κ2) is 20.5. The van der Waals surface area contributed by atoms with Gasteiger partial charge in [0, 0.05) is 0 Å². The van der Waals surface area contributed by atoms with E-state index in [0.717, 1.165) is 15.2 Å². The Kier molecular flexibility index (Phi) is 9.64. The molecule has 13 rings (SSSR count). The van der Waals surface area contributed by atoms with E-state index in [1.54, 1.807) is 33.5 Å².